The van der Waals surface area contributed by atoms with Gasteiger partial charge in [0.2, 0.25) is 11.8 Å². The molecule has 2 rings (SSSR count). The molecular weight excluding hydrogens is 312 g/mol. The molecule has 0 saturated carbocycles. The highest BCUT2D eigenvalue weighted by atomic mass is 16.5. The van der Waals surface area contributed by atoms with Gasteiger partial charge in [-0.25, -0.2) is 4.79 Å². The van der Waals surface area contributed by atoms with Crippen molar-refractivity contribution < 1.29 is 23.9 Å². The summed E-state index contributed by atoms with van der Waals surface area (Å²) in [6.07, 6.45) is 0.250. The maximum atomic E-state index is 12.1. The zero-order chi connectivity index (χ0) is 17.5. The van der Waals surface area contributed by atoms with E-state index in [-0.39, 0.29) is 24.7 Å². The van der Waals surface area contributed by atoms with Crippen molar-refractivity contribution in [3.05, 3.63) is 29.3 Å². The van der Waals surface area contributed by atoms with Crippen molar-refractivity contribution in [2.45, 2.75) is 19.8 Å². The smallest absolute Gasteiger partial charge is 0.337 e. The zero-order valence-electron chi connectivity index (χ0n) is 14.0. The summed E-state index contributed by atoms with van der Waals surface area (Å²) in [6.45, 7) is 4.05. The Hall–Kier alpha value is -2.41. The molecule has 0 aliphatic carbocycles. The lowest BCUT2D eigenvalue weighted by atomic mass is 10.1. The van der Waals surface area contributed by atoms with Crippen LogP contribution in [0.1, 0.15) is 28.8 Å². The molecule has 7 heteroatoms. The van der Waals surface area contributed by atoms with Crippen molar-refractivity contribution >= 4 is 23.5 Å². The SMILES string of the molecule is COC(=O)c1ccc(C)c(NC(=O)CCC(=O)N2CCOCC2)c1. The fourth-order valence-corrected chi connectivity index (χ4v) is 2.41. The maximum Gasteiger partial charge on any atom is 0.337 e. The number of aryl methyl sites for hydroxylation is 1. The first kappa shape index (κ1) is 17.9. The number of hydrogen-bond acceptors (Lipinski definition) is 5. The lowest BCUT2D eigenvalue weighted by Crippen LogP contribution is -2.40. The van der Waals surface area contributed by atoms with Gasteiger partial charge in [0.05, 0.1) is 25.9 Å². The van der Waals surface area contributed by atoms with Gasteiger partial charge in [-0.15, -0.1) is 0 Å². The Morgan fingerprint density at radius 3 is 2.58 bits per heavy atom. The van der Waals surface area contributed by atoms with E-state index < -0.39 is 5.97 Å². The second kappa shape index (κ2) is 8.44. The summed E-state index contributed by atoms with van der Waals surface area (Å²) < 4.78 is 9.87. The molecule has 1 aliphatic rings. The molecule has 24 heavy (non-hydrogen) atoms. The number of anilines is 1. The lowest BCUT2D eigenvalue weighted by molar-refractivity contribution is -0.136. The van der Waals surface area contributed by atoms with E-state index in [2.05, 4.69) is 10.1 Å². The molecule has 130 valence electrons. The Balaban J connectivity index is 1.89. The second-order valence-corrected chi connectivity index (χ2v) is 5.56. The molecule has 1 aromatic carbocycles. The van der Waals surface area contributed by atoms with Crippen molar-refractivity contribution in [2.24, 2.45) is 0 Å². The van der Waals surface area contributed by atoms with Crippen LogP contribution < -0.4 is 5.32 Å². The molecule has 0 radical (unpaired) electrons. The molecule has 7 nitrogen and oxygen atoms in total. The molecule has 1 aromatic rings. The summed E-state index contributed by atoms with van der Waals surface area (Å²) >= 11 is 0. The standard InChI is InChI=1S/C17H22N2O5/c1-12-3-4-13(17(22)23-2)11-14(12)18-15(20)5-6-16(21)19-7-9-24-10-8-19/h3-4,11H,5-10H2,1-2H3,(H,18,20). The molecule has 0 unspecified atom stereocenters. The average molecular weight is 334 g/mol. The van der Waals surface area contributed by atoms with Crippen LogP contribution in [-0.2, 0) is 19.1 Å². The van der Waals surface area contributed by atoms with Crippen LogP contribution in [0, 0.1) is 6.92 Å². The van der Waals surface area contributed by atoms with E-state index in [0.29, 0.717) is 37.6 Å². The van der Waals surface area contributed by atoms with Crippen LogP contribution >= 0.6 is 0 Å². The van der Waals surface area contributed by atoms with Crippen LogP contribution in [0.25, 0.3) is 0 Å². The van der Waals surface area contributed by atoms with Crippen molar-refractivity contribution in [3.63, 3.8) is 0 Å². The summed E-state index contributed by atoms with van der Waals surface area (Å²) in [7, 11) is 1.30. The molecule has 1 fully saturated rings. The molecule has 0 bridgehead atoms. The topological polar surface area (TPSA) is 84.9 Å². The van der Waals surface area contributed by atoms with Gasteiger partial charge >= 0.3 is 5.97 Å². The monoisotopic (exact) mass is 334 g/mol. The molecule has 1 aliphatic heterocycles. The first-order valence-electron chi connectivity index (χ1n) is 7.85. The van der Waals surface area contributed by atoms with E-state index in [0.717, 1.165) is 5.56 Å². The van der Waals surface area contributed by atoms with E-state index in [1.165, 1.54) is 7.11 Å². The van der Waals surface area contributed by atoms with Crippen LogP contribution in [0.4, 0.5) is 5.69 Å². The third kappa shape index (κ3) is 4.79. The molecule has 1 heterocycles. The summed E-state index contributed by atoms with van der Waals surface area (Å²) in [5, 5.41) is 2.75. The minimum Gasteiger partial charge on any atom is -0.465 e. The maximum absolute atomic E-state index is 12.1. The summed E-state index contributed by atoms with van der Waals surface area (Å²) in [5.41, 5.74) is 1.74. The Morgan fingerprint density at radius 2 is 1.92 bits per heavy atom. The number of rotatable bonds is 5. The van der Waals surface area contributed by atoms with Gasteiger partial charge in [0.25, 0.3) is 0 Å². The number of carbonyl (C=O) groups is 3. The number of ether oxygens (including phenoxy) is 2. The number of esters is 1. The number of morpholine rings is 1. The van der Waals surface area contributed by atoms with Gasteiger partial charge in [0.15, 0.2) is 0 Å². The minimum absolute atomic E-state index is 0.0477. The third-order valence-electron chi connectivity index (χ3n) is 3.86. The highest BCUT2D eigenvalue weighted by Gasteiger charge is 2.18. The van der Waals surface area contributed by atoms with Crippen LogP contribution in [0.2, 0.25) is 0 Å². The van der Waals surface area contributed by atoms with Crippen molar-refractivity contribution in [1.29, 1.82) is 0 Å². The molecule has 1 N–H and O–H groups in total. The number of benzene rings is 1. The van der Waals surface area contributed by atoms with Crippen molar-refractivity contribution in [2.75, 3.05) is 38.7 Å². The van der Waals surface area contributed by atoms with E-state index >= 15 is 0 Å². The van der Waals surface area contributed by atoms with Gasteiger partial charge in [0, 0.05) is 31.6 Å². The fraction of sp³-hybridized carbons (Fsp3) is 0.471. The van der Waals surface area contributed by atoms with E-state index in [1.807, 2.05) is 6.92 Å². The predicted octanol–water partition coefficient (Wildman–Crippen LogP) is 1.36. The van der Waals surface area contributed by atoms with Gasteiger partial charge in [-0.1, -0.05) is 6.07 Å². The fourth-order valence-electron chi connectivity index (χ4n) is 2.41. The lowest BCUT2D eigenvalue weighted by Gasteiger charge is -2.26. The molecule has 0 spiro atoms. The number of methoxy groups -OCH3 is 1. The number of hydrogen-bond donors (Lipinski definition) is 1. The Kier molecular flexibility index (Phi) is 6.31. The van der Waals surface area contributed by atoms with Crippen LogP contribution in [0.3, 0.4) is 0 Å². The summed E-state index contributed by atoms with van der Waals surface area (Å²) in [6, 6.07) is 4.95. The highest BCUT2D eigenvalue weighted by Crippen LogP contribution is 2.18. The number of nitrogens with zero attached hydrogens (tertiary/aromatic N) is 1. The van der Waals surface area contributed by atoms with Crippen LogP contribution in [0.5, 0.6) is 0 Å². The first-order chi connectivity index (χ1) is 11.5. The van der Waals surface area contributed by atoms with E-state index in [1.54, 1.807) is 23.1 Å². The number of nitrogens with one attached hydrogen (secondary N) is 1. The predicted molar refractivity (Wildman–Crippen MR) is 87.8 cm³/mol. The van der Waals surface area contributed by atoms with Crippen molar-refractivity contribution in [1.82, 2.24) is 4.90 Å². The quantitative estimate of drug-likeness (QED) is 0.822. The van der Waals surface area contributed by atoms with Gasteiger partial charge < -0.3 is 19.7 Å². The largest absolute Gasteiger partial charge is 0.465 e. The van der Waals surface area contributed by atoms with Crippen LogP contribution in [0.15, 0.2) is 18.2 Å². The van der Waals surface area contributed by atoms with Gasteiger partial charge in [0.1, 0.15) is 0 Å². The first-order valence-corrected chi connectivity index (χ1v) is 7.85. The van der Waals surface area contributed by atoms with E-state index in [4.69, 9.17) is 4.74 Å². The summed E-state index contributed by atoms with van der Waals surface area (Å²) in [5.74, 6) is -0.775. The Labute approximate surface area is 140 Å². The molecular formula is C17H22N2O5. The molecule has 0 aromatic heterocycles. The zero-order valence-corrected chi connectivity index (χ0v) is 14.0. The second-order valence-electron chi connectivity index (χ2n) is 5.56. The third-order valence-corrected chi connectivity index (χ3v) is 3.86. The van der Waals surface area contributed by atoms with E-state index in [9.17, 15) is 14.4 Å². The number of carbonyl (C=O) groups excluding carboxylic acids is 3. The average Bonchev–Trinajstić information content (AvgIpc) is 2.61. The summed E-state index contributed by atoms with van der Waals surface area (Å²) in [4.78, 5) is 37.4. The van der Waals surface area contributed by atoms with Crippen LogP contribution in [-0.4, -0.2) is 56.1 Å². The van der Waals surface area contributed by atoms with Gasteiger partial charge in [-0.3, -0.25) is 9.59 Å². The Morgan fingerprint density at radius 1 is 1.21 bits per heavy atom. The van der Waals surface area contributed by atoms with Crippen molar-refractivity contribution in [3.8, 4) is 0 Å². The Bertz CT molecular complexity index is 623. The molecule has 1 saturated heterocycles. The van der Waals surface area contributed by atoms with Gasteiger partial charge in [-0.05, 0) is 24.6 Å². The highest BCUT2D eigenvalue weighted by molar-refractivity contribution is 5.96. The number of amides is 2. The van der Waals surface area contributed by atoms with Gasteiger partial charge in [-0.2, -0.15) is 0 Å². The minimum atomic E-state index is -0.465. The molecule has 0 atom stereocenters. The normalized spacial score (nSPS) is 14.2. The molecule has 2 amide bonds.